The molecule has 2 nitrogen and oxygen atoms in total. The molecule has 1 heterocycles. The Kier molecular flexibility index (Phi) is 6.62. The standard InChI is InChI=1S/C12H24ClNO/c1-11(13)12-5-8-14(9-6-12)7-3-4-10-15-2/h11-12H,3-10H2,1-2H3. The van der Waals surface area contributed by atoms with E-state index in [4.69, 9.17) is 16.3 Å². The topological polar surface area (TPSA) is 12.5 Å². The summed E-state index contributed by atoms with van der Waals surface area (Å²) in [7, 11) is 1.77. The molecule has 1 unspecified atom stereocenters. The van der Waals surface area contributed by atoms with Gasteiger partial charge in [-0.1, -0.05) is 0 Å². The molecule has 1 aliphatic rings. The van der Waals surface area contributed by atoms with Crippen LogP contribution in [0.15, 0.2) is 0 Å². The summed E-state index contributed by atoms with van der Waals surface area (Å²) in [6.07, 6.45) is 4.99. The first-order chi connectivity index (χ1) is 7.24. The number of rotatable bonds is 6. The van der Waals surface area contributed by atoms with Gasteiger partial charge in [0.05, 0.1) is 0 Å². The Bertz CT molecular complexity index is 156. The fraction of sp³-hybridized carbons (Fsp3) is 1.00. The zero-order valence-electron chi connectivity index (χ0n) is 10.0. The lowest BCUT2D eigenvalue weighted by Gasteiger charge is -2.33. The van der Waals surface area contributed by atoms with Gasteiger partial charge in [-0.2, -0.15) is 0 Å². The van der Waals surface area contributed by atoms with E-state index in [1.54, 1.807) is 7.11 Å². The van der Waals surface area contributed by atoms with Crippen molar-refractivity contribution in [3.63, 3.8) is 0 Å². The maximum absolute atomic E-state index is 6.11. The van der Waals surface area contributed by atoms with Gasteiger partial charge in [-0.25, -0.2) is 0 Å². The zero-order chi connectivity index (χ0) is 11.1. The van der Waals surface area contributed by atoms with Crippen LogP contribution in [0.3, 0.4) is 0 Å². The van der Waals surface area contributed by atoms with Crippen LogP contribution in [0.25, 0.3) is 0 Å². The van der Waals surface area contributed by atoms with Crippen LogP contribution in [-0.4, -0.2) is 43.6 Å². The van der Waals surface area contributed by atoms with Crippen molar-refractivity contribution in [2.75, 3.05) is 33.4 Å². The van der Waals surface area contributed by atoms with Gasteiger partial charge in [0.25, 0.3) is 0 Å². The minimum absolute atomic E-state index is 0.348. The molecule has 0 amide bonds. The molecular weight excluding hydrogens is 210 g/mol. The van der Waals surface area contributed by atoms with E-state index in [-0.39, 0.29) is 0 Å². The van der Waals surface area contributed by atoms with Crippen LogP contribution in [0.5, 0.6) is 0 Å². The number of piperidine rings is 1. The molecule has 0 radical (unpaired) electrons. The lowest BCUT2D eigenvalue weighted by Crippen LogP contribution is -2.36. The minimum Gasteiger partial charge on any atom is -0.385 e. The van der Waals surface area contributed by atoms with Crippen molar-refractivity contribution >= 4 is 11.6 Å². The van der Waals surface area contributed by atoms with Crippen LogP contribution in [-0.2, 0) is 4.74 Å². The fourth-order valence-corrected chi connectivity index (χ4v) is 2.47. The van der Waals surface area contributed by atoms with Crippen LogP contribution < -0.4 is 0 Å². The number of ether oxygens (including phenoxy) is 1. The number of unbranched alkanes of at least 4 members (excludes halogenated alkanes) is 1. The normalized spacial score (nSPS) is 21.8. The predicted molar refractivity (Wildman–Crippen MR) is 65.6 cm³/mol. The highest BCUT2D eigenvalue weighted by molar-refractivity contribution is 6.20. The number of hydrogen-bond donors (Lipinski definition) is 0. The Morgan fingerprint density at radius 2 is 2.00 bits per heavy atom. The molecule has 0 aromatic rings. The molecule has 3 heteroatoms. The van der Waals surface area contributed by atoms with Crippen molar-refractivity contribution in [3.05, 3.63) is 0 Å². The van der Waals surface area contributed by atoms with Gasteiger partial charge in [-0.15, -0.1) is 11.6 Å². The summed E-state index contributed by atoms with van der Waals surface area (Å²) in [6, 6.07) is 0. The van der Waals surface area contributed by atoms with Gasteiger partial charge in [-0.05, 0) is 58.2 Å². The summed E-state index contributed by atoms with van der Waals surface area (Å²) in [6.45, 7) is 6.71. The van der Waals surface area contributed by atoms with E-state index in [1.165, 1.54) is 45.3 Å². The lowest BCUT2D eigenvalue weighted by atomic mass is 9.94. The fourth-order valence-electron chi connectivity index (χ4n) is 2.22. The van der Waals surface area contributed by atoms with Crippen LogP contribution in [0, 0.1) is 5.92 Å². The minimum atomic E-state index is 0.348. The molecule has 0 saturated carbocycles. The average Bonchev–Trinajstić information content (AvgIpc) is 2.25. The van der Waals surface area contributed by atoms with Crippen molar-refractivity contribution in [3.8, 4) is 0 Å². The quantitative estimate of drug-likeness (QED) is 0.517. The van der Waals surface area contributed by atoms with Crippen molar-refractivity contribution in [2.45, 2.75) is 38.0 Å². The summed E-state index contributed by atoms with van der Waals surface area (Å²) in [5, 5.41) is 0.348. The predicted octanol–water partition coefficient (Wildman–Crippen LogP) is 2.75. The summed E-state index contributed by atoms with van der Waals surface area (Å²) >= 11 is 6.11. The van der Waals surface area contributed by atoms with Crippen molar-refractivity contribution in [1.82, 2.24) is 4.90 Å². The highest BCUT2D eigenvalue weighted by atomic mass is 35.5. The maximum atomic E-state index is 6.11. The van der Waals surface area contributed by atoms with Gasteiger partial charge in [0.15, 0.2) is 0 Å². The highest BCUT2D eigenvalue weighted by Gasteiger charge is 2.21. The second kappa shape index (κ2) is 7.48. The summed E-state index contributed by atoms with van der Waals surface area (Å²) < 4.78 is 5.04. The highest BCUT2D eigenvalue weighted by Crippen LogP contribution is 2.23. The first-order valence-corrected chi connectivity index (χ1v) is 6.53. The number of hydrogen-bond acceptors (Lipinski definition) is 2. The van der Waals surface area contributed by atoms with E-state index in [0.29, 0.717) is 5.38 Å². The van der Waals surface area contributed by atoms with Crippen LogP contribution in [0.1, 0.15) is 32.6 Å². The molecule has 1 fully saturated rings. The first-order valence-electron chi connectivity index (χ1n) is 6.09. The first kappa shape index (κ1) is 13.3. The Balaban J connectivity index is 2.04. The zero-order valence-corrected chi connectivity index (χ0v) is 10.8. The molecule has 15 heavy (non-hydrogen) atoms. The van der Waals surface area contributed by atoms with Gasteiger partial charge < -0.3 is 9.64 Å². The third-order valence-electron chi connectivity index (χ3n) is 3.35. The Morgan fingerprint density at radius 3 is 2.53 bits per heavy atom. The molecule has 0 N–H and O–H groups in total. The summed E-state index contributed by atoms with van der Waals surface area (Å²) in [4.78, 5) is 2.56. The van der Waals surface area contributed by atoms with E-state index in [9.17, 15) is 0 Å². The van der Waals surface area contributed by atoms with Crippen molar-refractivity contribution in [2.24, 2.45) is 5.92 Å². The summed E-state index contributed by atoms with van der Waals surface area (Å²) in [5.74, 6) is 0.738. The second-order valence-corrected chi connectivity index (χ2v) is 5.24. The molecule has 0 spiro atoms. The van der Waals surface area contributed by atoms with Crippen LogP contribution in [0.4, 0.5) is 0 Å². The molecule has 0 aromatic carbocycles. The van der Waals surface area contributed by atoms with E-state index in [1.807, 2.05) is 0 Å². The van der Waals surface area contributed by atoms with Gasteiger partial charge in [0, 0.05) is 19.1 Å². The Hall–Kier alpha value is 0.210. The smallest absolute Gasteiger partial charge is 0.0462 e. The van der Waals surface area contributed by atoms with Crippen LogP contribution in [0.2, 0.25) is 0 Å². The van der Waals surface area contributed by atoms with E-state index >= 15 is 0 Å². The number of methoxy groups -OCH3 is 1. The molecule has 90 valence electrons. The Morgan fingerprint density at radius 1 is 1.33 bits per heavy atom. The molecule has 1 saturated heterocycles. The average molecular weight is 234 g/mol. The number of likely N-dealkylation sites (tertiary alicyclic amines) is 1. The van der Waals surface area contributed by atoms with Gasteiger partial charge >= 0.3 is 0 Å². The van der Waals surface area contributed by atoms with Crippen molar-refractivity contribution < 1.29 is 4.74 Å². The number of alkyl halides is 1. The molecular formula is C12H24ClNO. The largest absolute Gasteiger partial charge is 0.385 e. The molecule has 1 aliphatic heterocycles. The molecule has 0 aromatic heterocycles. The summed E-state index contributed by atoms with van der Waals surface area (Å²) in [5.41, 5.74) is 0. The lowest BCUT2D eigenvalue weighted by molar-refractivity contribution is 0.162. The van der Waals surface area contributed by atoms with E-state index in [0.717, 1.165) is 12.5 Å². The molecule has 1 atom stereocenters. The third-order valence-corrected chi connectivity index (χ3v) is 3.71. The van der Waals surface area contributed by atoms with Gasteiger partial charge in [0.2, 0.25) is 0 Å². The monoisotopic (exact) mass is 233 g/mol. The number of halogens is 1. The second-order valence-electron chi connectivity index (χ2n) is 4.56. The van der Waals surface area contributed by atoms with E-state index in [2.05, 4.69) is 11.8 Å². The maximum Gasteiger partial charge on any atom is 0.0462 e. The van der Waals surface area contributed by atoms with Gasteiger partial charge in [0.1, 0.15) is 0 Å². The van der Waals surface area contributed by atoms with Crippen LogP contribution >= 0.6 is 11.6 Å². The SMILES string of the molecule is COCCCCN1CCC(C(C)Cl)CC1. The molecule has 0 bridgehead atoms. The molecule has 1 rings (SSSR count). The van der Waals surface area contributed by atoms with E-state index < -0.39 is 0 Å². The number of nitrogens with zero attached hydrogens (tertiary/aromatic N) is 1. The molecule has 0 aliphatic carbocycles. The van der Waals surface area contributed by atoms with Gasteiger partial charge in [-0.3, -0.25) is 0 Å². The van der Waals surface area contributed by atoms with Crippen molar-refractivity contribution in [1.29, 1.82) is 0 Å². The Labute approximate surface area is 98.9 Å². The third kappa shape index (κ3) is 5.19.